The van der Waals surface area contributed by atoms with Gasteiger partial charge in [-0.1, -0.05) is 0 Å². The smallest absolute Gasteiger partial charge is 0.324 e. The summed E-state index contributed by atoms with van der Waals surface area (Å²) in [5, 5.41) is -2.25. The average Bonchev–Trinajstić information content (AvgIpc) is 1.81. The van der Waals surface area contributed by atoms with Gasteiger partial charge in [0.2, 0.25) is 0 Å². The molecule has 0 fully saturated rings. The molecule has 1 unspecified atom stereocenters. The molecule has 0 aliphatic rings. The van der Waals surface area contributed by atoms with Crippen LogP contribution in [-0.4, -0.2) is 31.6 Å². The highest BCUT2D eigenvalue weighted by Crippen LogP contribution is 2.59. The van der Waals surface area contributed by atoms with E-state index in [1.165, 1.54) is 0 Å². The van der Waals surface area contributed by atoms with Gasteiger partial charge in [-0.05, 0) is 4.57 Å². The average molecular weight is 253 g/mol. The van der Waals surface area contributed by atoms with Crippen LogP contribution in [0.3, 0.4) is 0 Å². The zero-order valence-corrected chi connectivity index (χ0v) is 8.89. The fourth-order valence-corrected chi connectivity index (χ4v) is 3.12. The van der Waals surface area contributed by atoms with Gasteiger partial charge >= 0.3 is 23.9 Å². The third kappa shape index (κ3) is 4.96. The van der Waals surface area contributed by atoms with Crippen LogP contribution in [0, 0.1) is 0 Å². The number of rotatable bonds is 5. The van der Waals surface area contributed by atoms with Gasteiger partial charge in [-0.2, -0.15) is 0 Å². The maximum atomic E-state index is 10.5. The Morgan fingerprint density at radius 3 is 1.77 bits per heavy atom. The largest absolute Gasteiger partial charge is 0.494 e. The monoisotopic (exact) mass is 253 g/mol. The van der Waals surface area contributed by atoms with E-state index < -0.39 is 35.9 Å². The summed E-state index contributed by atoms with van der Waals surface area (Å²) < 4.78 is 34.8. The van der Waals surface area contributed by atoms with Gasteiger partial charge in [0.1, 0.15) is 6.61 Å². The van der Waals surface area contributed by atoms with E-state index in [0.717, 1.165) is 0 Å². The first-order valence-electron chi connectivity index (χ1n) is 2.79. The van der Waals surface area contributed by atoms with E-state index in [1.54, 1.807) is 0 Å². The van der Waals surface area contributed by atoms with E-state index >= 15 is 0 Å². The first kappa shape index (κ1) is 13.4. The van der Waals surface area contributed by atoms with Crippen molar-refractivity contribution in [2.45, 2.75) is 5.40 Å². The van der Waals surface area contributed by atoms with Crippen molar-refractivity contribution in [2.75, 3.05) is 6.61 Å². The van der Waals surface area contributed by atoms with Crippen LogP contribution in [0.2, 0.25) is 0 Å². The second-order valence-corrected chi connectivity index (χ2v) is 6.52. The first-order valence-corrected chi connectivity index (χ1v) is 6.97. The molecule has 0 saturated heterocycles. The molecule has 11 heteroatoms. The Bertz CT molecular complexity index is 239. The molecule has 0 amide bonds. The number of hydrogen-bond acceptors (Lipinski definition) is 4. The molecule has 0 aromatic rings. The van der Waals surface area contributed by atoms with Crippen molar-refractivity contribution < 1.29 is 37.8 Å². The van der Waals surface area contributed by atoms with Crippen molar-refractivity contribution in [2.24, 2.45) is 0 Å². The summed E-state index contributed by atoms with van der Waals surface area (Å²) in [6.07, 6.45) is 0. The second-order valence-electron chi connectivity index (χ2n) is 2.05. The summed E-state index contributed by atoms with van der Waals surface area (Å²) in [6.45, 7) is -0.948. The Balaban J connectivity index is 4.68. The van der Waals surface area contributed by atoms with Crippen molar-refractivity contribution in [3.8, 4) is 0 Å². The summed E-state index contributed by atoms with van der Waals surface area (Å²) in [5.41, 5.74) is 0. The van der Waals surface area contributed by atoms with Gasteiger partial charge in [0.05, 0.1) is 0 Å². The zero-order chi connectivity index (χ0) is 10.7. The van der Waals surface area contributed by atoms with E-state index in [0.29, 0.717) is 0 Å². The summed E-state index contributed by atoms with van der Waals surface area (Å²) >= 11 is 0. The maximum absolute atomic E-state index is 10.5. The highest BCUT2D eigenvalue weighted by Gasteiger charge is 2.44. The van der Waals surface area contributed by atoms with E-state index in [9.17, 15) is 13.7 Å². The van der Waals surface area contributed by atoms with Crippen LogP contribution >= 0.6 is 23.9 Å². The SMILES string of the molecule is O=[PH+]OCC(P(=O)(O)O)P(=O)(O)O. The zero-order valence-electron chi connectivity index (χ0n) is 6.10. The lowest BCUT2D eigenvalue weighted by atomic mass is 10.9. The van der Waals surface area contributed by atoms with Crippen LogP contribution in [-0.2, 0) is 18.2 Å². The quantitative estimate of drug-likeness (QED) is 0.486. The fraction of sp³-hybridized carbons (Fsp3) is 1.00. The Morgan fingerprint density at radius 2 is 1.54 bits per heavy atom. The molecule has 0 aromatic carbocycles. The molecule has 4 N–H and O–H groups in total. The molecule has 0 heterocycles. The van der Waals surface area contributed by atoms with Crippen LogP contribution in [0.5, 0.6) is 0 Å². The fourth-order valence-electron chi connectivity index (χ4n) is 0.499. The van der Waals surface area contributed by atoms with Crippen LogP contribution < -0.4 is 0 Å². The molecule has 0 radical (unpaired) electrons. The van der Waals surface area contributed by atoms with Gasteiger partial charge in [-0.3, -0.25) is 9.13 Å². The molecule has 13 heavy (non-hydrogen) atoms. The summed E-state index contributed by atoms with van der Waals surface area (Å²) in [4.78, 5) is 33.9. The molecule has 0 rings (SSSR count). The van der Waals surface area contributed by atoms with E-state index in [-0.39, 0.29) is 0 Å². The van der Waals surface area contributed by atoms with Crippen molar-refractivity contribution in [1.29, 1.82) is 0 Å². The molecule has 0 aromatic heterocycles. The topological polar surface area (TPSA) is 141 Å². The van der Waals surface area contributed by atoms with Crippen molar-refractivity contribution in [3.05, 3.63) is 0 Å². The predicted molar refractivity (Wildman–Crippen MR) is 42.8 cm³/mol. The van der Waals surface area contributed by atoms with Crippen LogP contribution in [0.15, 0.2) is 0 Å². The van der Waals surface area contributed by atoms with E-state index in [1.807, 2.05) is 0 Å². The standard InChI is InChI=1S/C2H7O8P3/c3-11-10-1-2(12(4,5)6)13(7,8)9/h2,11H,1H2,(H3-,4,5,6,7,8,9)/p+1. The van der Waals surface area contributed by atoms with Gasteiger partial charge in [0, 0.05) is 0 Å². The molecule has 0 saturated carbocycles. The predicted octanol–water partition coefficient (Wildman–Crippen LogP) is -0.377. The molecule has 0 aliphatic heterocycles. The summed E-state index contributed by atoms with van der Waals surface area (Å²) in [5.74, 6) is 0. The maximum Gasteiger partial charge on any atom is 0.494 e. The molecule has 1 atom stereocenters. The van der Waals surface area contributed by atoms with Crippen molar-refractivity contribution in [3.63, 3.8) is 0 Å². The van der Waals surface area contributed by atoms with Crippen LogP contribution in [0.4, 0.5) is 0 Å². The Labute approximate surface area is 74.5 Å². The Hall–Kier alpha value is 0.360. The van der Waals surface area contributed by atoms with Gasteiger partial charge in [0.25, 0.3) is 0 Å². The van der Waals surface area contributed by atoms with Crippen LogP contribution in [0.25, 0.3) is 0 Å². The third-order valence-corrected chi connectivity index (χ3v) is 5.01. The minimum atomic E-state index is -4.95. The van der Waals surface area contributed by atoms with Crippen molar-refractivity contribution >= 4 is 23.9 Å². The molecule has 0 aliphatic carbocycles. The summed E-state index contributed by atoms with van der Waals surface area (Å²) in [7, 11) is -11.2. The van der Waals surface area contributed by atoms with Gasteiger partial charge in [-0.15, -0.1) is 4.52 Å². The van der Waals surface area contributed by atoms with Gasteiger partial charge in [-0.25, -0.2) is 0 Å². The lowest BCUT2D eigenvalue weighted by Gasteiger charge is -2.16. The molecular formula is C2H8O8P3+. The highest BCUT2D eigenvalue weighted by atomic mass is 31.2. The minimum Gasteiger partial charge on any atom is -0.324 e. The normalized spacial score (nSPS) is 13.9. The van der Waals surface area contributed by atoms with E-state index in [4.69, 9.17) is 19.6 Å². The van der Waals surface area contributed by atoms with Crippen LogP contribution in [0.1, 0.15) is 0 Å². The molecule has 0 bridgehead atoms. The summed E-state index contributed by atoms with van der Waals surface area (Å²) in [6, 6.07) is 0. The van der Waals surface area contributed by atoms with Crippen molar-refractivity contribution in [1.82, 2.24) is 0 Å². The lowest BCUT2D eigenvalue weighted by molar-refractivity contribution is 0.293. The minimum absolute atomic E-state index is 0.948. The number of hydrogen-bond donors (Lipinski definition) is 4. The second kappa shape index (κ2) is 4.73. The highest BCUT2D eigenvalue weighted by molar-refractivity contribution is 7.70. The van der Waals surface area contributed by atoms with Gasteiger partial charge < -0.3 is 19.6 Å². The molecular weight excluding hydrogens is 245 g/mol. The molecule has 0 spiro atoms. The lowest BCUT2D eigenvalue weighted by Crippen LogP contribution is -2.14. The Morgan fingerprint density at radius 1 is 1.15 bits per heavy atom. The van der Waals surface area contributed by atoms with Gasteiger partial charge in [0.15, 0.2) is 5.40 Å². The first-order chi connectivity index (χ1) is 5.69. The third-order valence-electron chi connectivity index (χ3n) is 1.07. The van der Waals surface area contributed by atoms with E-state index in [2.05, 4.69) is 4.52 Å². The Kier molecular flexibility index (Phi) is 4.86. The molecule has 78 valence electrons. The molecule has 8 nitrogen and oxygen atoms in total.